The van der Waals surface area contributed by atoms with Crippen molar-refractivity contribution in [3.63, 3.8) is 0 Å². The predicted molar refractivity (Wildman–Crippen MR) is 131 cm³/mol. The fraction of sp³-hybridized carbons (Fsp3) is 0.111. The van der Waals surface area contributed by atoms with Crippen LogP contribution in [0.25, 0.3) is 6.08 Å². The van der Waals surface area contributed by atoms with Gasteiger partial charge < -0.3 is 4.74 Å². The Bertz CT molecular complexity index is 1300. The molecule has 6 rings (SSSR count). The summed E-state index contributed by atoms with van der Waals surface area (Å²) in [5.74, 6) is 0.608. The van der Waals surface area contributed by atoms with Crippen molar-refractivity contribution < 1.29 is 9.53 Å². The molecule has 0 aliphatic carbocycles. The first-order valence-electron chi connectivity index (χ1n) is 10.9. The van der Waals surface area contributed by atoms with E-state index < -0.39 is 5.18 Å². The second kappa shape index (κ2) is 7.98. The number of allylic oxidation sites excluding steroid dienone is 2. The molecule has 2 atom stereocenters. The first-order chi connectivity index (χ1) is 16.2. The second-order valence-electron chi connectivity index (χ2n) is 8.06. The number of carbonyl (C=O) groups excluding carboxylic acids is 1. The van der Waals surface area contributed by atoms with E-state index in [1.54, 1.807) is 0 Å². The number of para-hydroxylation sites is 1. The Morgan fingerprint density at radius 3 is 2.55 bits per heavy atom. The van der Waals surface area contributed by atoms with E-state index in [9.17, 15) is 4.79 Å². The molecule has 0 radical (unpaired) electrons. The van der Waals surface area contributed by atoms with Crippen LogP contribution in [0.15, 0.2) is 107 Å². The van der Waals surface area contributed by atoms with Crippen molar-refractivity contribution in [3.05, 3.63) is 119 Å². The molecule has 1 amide bonds. The SMILES string of the molecule is O=C1N[C@@]2(Oc3ccccc3[C@@H]3CC(c4ccccc4)=NN32)S/C1=C\C=C\c1ccccc1. The van der Waals surface area contributed by atoms with Gasteiger partial charge in [-0.1, -0.05) is 91.0 Å². The van der Waals surface area contributed by atoms with Crippen LogP contribution in [0.5, 0.6) is 5.75 Å². The van der Waals surface area contributed by atoms with Crippen LogP contribution in [0, 0.1) is 0 Å². The normalized spacial score (nSPS) is 24.5. The highest BCUT2D eigenvalue weighted by molar-refractivity contribution is 8.05. The molecule has 1 N–H and O–H groups in total. The quantitative estimate of drug-likeness (QED) is 0.549. The van der Waals surface area contributed by atoms with Crippen molar-refractivity contribution in [1.82, 2.24) is 10.3 Å². The van der Waals surface area contributed by atoms with Crippen molar-refractivity contribution in [2.24, 2.45) is 5.10 Å². The van der Waals surface area contributed by atoms with Gasteiger partial charge in [-0.05, 0) is 35.0 Å². The molecule has 0 aromatic heterocycles. The van der Waals surface area contributed by atoms with E-state index in [-0.39, 0.29) is 11.9 Å². The van der Waals surface area contributed by atoms with Gasteiger partial charge in [-0.15, -0.1) is 0 Å². The number of hydrogen-bond donors (Lipinski definition) is 1. The number of rotatable bonds is 3. The largest absolute Gasteiger partial charge is 0.439 e. The molecule has 5 nitrogen and oxygen atoms in total. The average Bonchev–Trinajstić information content (AvgIpc) is 3.44. The zero-order valence-electron chi connectivity index (χ0n) is 17.7. The Balaban J connectivity index is 1.36. The van der Waals surface area contributed by atoms with Gasteiger partial charge in [0.05, 0.1) is 16.7 Å². The minimum atomic E-state index is -1.11. The number of amides is 1. The summed E-state index contributed by atoms with van der Waals surface area (Å²) in [5.41, 5.74) is 4.22. The second-order valence-corrected chi connectivity index (χ2v) is 9.25. The summed E-state index contributed by atoms with van der Waals surface area (Å²) < 4.78 is 6.43. The van der Waals surface area contributed by atoms with Gasteiger partial charge in [-0.25, -0.2) is 5.01 Å². The molecular formula is C27H21N3O2S. The summed E-state index contributed by atoms with van der Waals surface area (Å²) in [5, 5.41) is 8.83. The van der Waals surface area contributed by atoms with E-state index in [0.717, 1.165) is 34.6 Å². The summed E-state index contributed by atoms with van der Waals surface area (Å²) in [4.78, 5) is 13.5. The van der Waals surface area contributed by atoms with E-state index in [0.29, 0.717) is 4.91 Å². The van der Waals surface area contributed by atoms with Crippen LogP contribution < -0.4 is 10.1 Å². The lowest BCUT2D eigenvalue weighted by Crippen LogP contribution is -2.58. The van der Waals surface area contributed by atoms with Crippen LogP contribution in [0.1, 0.15) is 29.2 Å². The maximum Gasteiger partial charge on any atom is 0.336 e. The predicted octanol–water partition coefficient (Wildman–Crippen LogP) is 5.30. The van der Waals surface area contributed by atoms with E-state index in [1.165, 1.54) is 11.8 Å². The molecule has 1 saturated heterocycles. The molecule has 3 aliphatic heterocycles. The number of benzene rings is 3. The van der Waals surface area contributed by atoms with Gasteiger partial charge >= 0.3 is 5.18 Å². The maximum absolute atomic E-state index is 13.0. The van der Waals surface area contributed by atoms with Gasteiger partial charge in [0.1, 0.15) is 5.75 Å². The molecule has 0 bridgehead atoms. The molecule has 3 aromatic rings. The van der Waals surface area contributed by atoms with Crippen LogP contribution in [0.2, 0.25) is 0 Å². The molecule has 6 heteroatoms. The number of thioether (sulfide) groups is 1. The zero-order chi connectivity index (χ0) is 22.3. The van der Waals surface area contributed by atoms with Gasteiger partial charge in [0.2, 0.25) is 0 Å². The van der Waals surface area contributed by atoms with Crippen molar-refractivity contribution >= 4 is 29.5 Å². The van der Waals surface area contributed by atoms with Gasteiger partial charge in [-0.2, -0.15) is 5.10 Å². The molecular weight excluding hydrogens is 430 g/mol. The smallest absolute Gasteiger partial charge is 0.336 e. The topological polar surface area (TPSA) is 53.9 Å². The Labute approximate surface area is 196 Å². The Hall–Kier alpha value is -3.77. The highest BCUT2D eigenvalue weighted by atomic mass is 32.2. The standard InChI is InChI=1S/C27H21N3O2S/c31-26-25(17-9-12-19-10-3-1-4-11-19)33-27(28-26)30-23(21-15-7-8-16-24(21)32-27)18-22(29-30)20-13-5-2-6-14-20/h1-17,23H,18H2,(H,28,31)/b12-9+,25-17-/t23-,27+/m0/s1. The lowest BCUT2D eigenvalue weighted by atomic mass is 9.97. The molecule has 33 heavy (non-hydrogen) atoms. The lowest BCUT2D eigenvalue weighted by Gasteiger charge is -2.43. The number of carbonyl (C=O) groups is 1. The van der Waals surface area contributed by atoms with Crippen LogP contribution in [-0.4, -0.2) is 21.8 Å². The molecule has 3 aliphatic rings. The zero-order valence-corrected chi connectivity index (χ0v) is 18.5. The monoisotopic (exact) mass is 451 g/mol. The number of hydrazone groups is 1. The molecule has 3 heterocycles. The van der Waals surface area contributed by atoms with E-state index in [1.807, 2.05) is 90.0 Å². The van der Waals surface area contributed by atoms with Gasteiger partial charge in [0.15, 0.2) is 0 Å². The molecule has 0 saturated carbocycles. The molecule has 1 fully saturated rings. The number of nitrogens with one attached hydrogen (secondary N) is 1. The van der Waals surface area contributed by atoms with Crippen molar-refractivity contribution in [3.8, 4) is 5.75 Å². The van der Waals surface area contributed by atoms with Gasteiger partial charge in [0, 0.05) is 12.0 Å². The number of ether oxygens (including phenoxy) is 1. The van der Waals surface area contributed by atoms with Crippen molar-refractivity contribution in [2.45, 2.75) is 17.6 Å². The maximum atomic E-state index is 13.0. The fourth-order valence-electron chi connectivity index (χ4n) is 4.37. The molecule has 3 aromatic carbocycles. The number of fused-ring (bicyclic) bond motifs is 4. The lowest BCUT2D eigenvalue weighted by molar-refractivity contribution is -0.127. The van der Waals surface area contributed by atoms with Crippen molar-refractivity contribution in [2.75, 3.05) is 0 Å². The highest BCUT2D eigenvalue weighted by Crippen LogP contribution is 2.53. The van der Waals surface area contributed by atoms with E-state index in [2.05, 4.69) is 23.5 Å². The van der Waals surface area contributed by atoms with Gasteiger partial charge in [0.25, 0.3) is 5.91 Å². The fourth-order valence-corrected chi connectivity index (χ4v) is 5.50. The molecule has 162 valence electrons. The first kappa shape index (κ1) is 19.9. The Morgan fingerprint density at radius 1 is 1.00 bits per heavy atom. The summed E-state index contributed by atoms with van der Waals surface area (Å²) >= 11 is 1.36. The van der Waals surface area contributed by atoms with Crippen LogP contribution >= 0.6 is 11.8 Å². The summed E-state index contributed by atoms with van der Waals surface area (Å²) in [6.45, 7) is 0. The highest BCUT2D eigenvalue weighted by Gasteiger charge is 2.57. The van der Waals surface area contributed by atoms with E-state index in [4.69, 9.17) is 9.84 Å². The Morgan fingerprint density at radius 2 is 1.73 bits per heavy atom. The third-order valence-corrected chi connectivity index (χ3v) is 7.12. The third kappa shape index (κ3) is 3.52. The van der Waals surface area contributed by atoms with E-state index >= 15 is 0 Å². The van der Waals surface area contributed by atoms with Crippen LogP contribution in [0.3, 0.4) is 0 Å². The van der Waals surface area contributed by atoms with Gasteiger partial charge in [-0.3, -0.25) is 10.1 Å². The van der Waals surface area contributed by atoms with Crippen LogP contribution in [-0.2, 0) is 4.79 Å². The average molecular weight is 452 g/mol. The molecule has 1 spiro atoms. The summed E-state index contributed by atoms with van der Waals surface area (Å²) in [7, 11) is 0. The first-order valence-corrected chi connectivity index (χ1v) is 11.7. The third-order valence-electron chi connectivity index (χ3n) is 5.92. The summed E-state index contributed by atoms with van der Waals surface area (Å²) in [6.07, 6.45) is 6.45. The minimum absolute atomic E-state index is 0.0165. The van der Waals surface area contributed by atoms with Crippen molar-refractivity contribution in [1.29, 1.82) is 0 Å². The minimum Gasteiger partial charge on any atom is -0.439 e. The number of hydrogen-bond acceptors (Lipinski definition) is 5. The summed E-state index contributed by atoms with van der Waals surface area (Å²) in [6, 6.07) is 28.1. The Kier molecular flexibility index (Phi) is 4.80. The number of nitrogens with zero attached hydrogens (tertiary/aromatic N) is 2. The van der Waals surface area contributed by atoms with Crippen LogP contribution in [0.4, 0.5) is 0 Å². The molecule has 0 unspecified atom stereocenters.